The van der Waals surface area contributed by atoms with Crippen LogP contribution in [0.3, 0.4) is 0 Å². The molecule has 0 amide bonds. The van der Waals surface area contributed by atoms with Crippen molar-refractivity contribution in [3.63, 3.8) is 0 Å². The molecule has 3 atom stereocenters. The summed E-state index contributed by atoms with van der Waals surface area (Å²) in [5.74, 6) is 2.06. The van der Waals surface area contributed by atoms with Gasteiger partial charge in [0.2, 0.25) is 0 Å². The average Bonchev–Trinajstić information content (AvgIpc) is 2.25. The lowest BCUT2D eigenvalue weighted by molar-refractivity contribution is -0.0246. The summed E-state index contributed by atoms with van der Waals surface area (Å²) >= 11 is 0. The van der Waals surface area contributed by atoms with Crippen molar-refractivity contribution < 1.29 is 5.11 Å². The Morgan fingerprint density at radius 1 is 1.00 bits per heavy atom. The van der Waals surface area contributed by atoms with E-state index in [0.717, 1.165) is 31.8 Å². The van der Waals surface area contributed by atoms with E-state index in [1.807, 2.05) is 0 Å². The number of nitrogens with zero attached hydrogens (tertiary/aromatic N) is 1. The fraction of sp³-hybridized carbons (Fsp3) is 1.00. The molecule has 1 fully saturated rings. The van der Waals surface area contributed by atoms with Gasteiger partial charge in [0.15, 0.2) is 0 Å². The molecule has 2 heteroatoms. The predicted octanol–water partition coefficient (Wildman–Crippen LogP) is 4.18. The van der Waals surface area contributed by atoms with Crippen molar-refractivity contribution >= 4 is 0 Å². The van der Waals surface area contributed by atoms with Crippen LogP contribution in [0.15, 0.2) is 0 Å². The lowest BCUT2D eigenvalue weighted by Crippen LogP contribution is -2.51. The summed E-state index contributed by atoms with van der Waals surface area (Å²) in [6.07, 6.45) is 3.17. The summed E-state index contributed by atoms with van der Waals surface area (Å²) in [5, 5.41) is 10.5. The lowest BCUT2D eigenvalue weighted by Gasteiger charge is -2.45. The molecule has 1 aliphatic carbocycles. The van der Waals surface area contributed by atoms with E-state index < -0.39 is 0 Å². The van der Waals surface area contributed by atoms with Gasteiger partial charge in [-0.15, -0.1) is 0 Å². The Kier molecular flexibility index (Phi) is 6.53. The zero-order valence-electron chi connectivity index (χ0n) is 14.8. The summed E-state index contributed by atoms with van der Waals surface area (Å²) in [4.78, 5) is 2.57. The van der Waals surface area contributed by atoms with E-state index >= 15 is 0 Å². The van der Waals surface area contributed by atoms with Gasteiger partial charge in [0.1, 0.15) is 0 Å². The van der Waals surface area contributed by atoms with Crippen LogP contribution in [0.2, 0.25) is 0 Å². The van der Waals surface area contributed by atoms with Crippen molar-refractivity contribution in [2.24, 2.45) is 23.2 Å². The molecule has 1 N–H and O–H groups in total. The van der Waals surface area contributed by atoms with Crippen LogP contribution in [0.1, 0.15) is 67.7 Å². The van der Waals surface area contributed by atoms with Gasteiger partial charge in [-0.25, -0.2) is 0 Å². The second-order valence-electron chi connectivity index (χ2n) is 8.75. The summed E-state index contributed by atoms with van der Waals surface area (Å²) in [6.45, 7) is 18.4. The number of hydrogen-bond donors (Lipinski definition) is 1. The molecule has 0 aromatic carbocycles. The summed E-state index contributed by atoms with van der Waals surface area (Å²) < 4.78 is 0. The van der Waals surface area contributed by atoms with Crippen LogP contribution in [0, 0.1) is 23.2 Å². The van der Waals surface area contributed by atoms with Crippen molar-refractivity contribution in [3.05, 3.63) is 0 Å². The molecule has 120 valence electrons. The molecule has 0 spiro atoms. The first-order valence-electron chi connectivity index (χ1n) is 8.53. The second kappa shape index (κ2) is 7.26. The fourth-order valence-corrected chi connectivity index (χ4v) is 3.59. The zero-order chi connectivity index (χ0) is 15.5. The van der Waals surface area contributed by atoms with Crippen molar-refractivity contribution in [2.75, 3.05) is 13.1 Å². The number of rotatable bonds is 5. The number of aliphatic hydroxyl groups is 1. The second-order valence-corrected chi connectivity index (χ2v) is 8.75. The lowest BCUT2D eigenvalue weighted by atomic mass is 9.70. The van der Waals surface area contributed by atoms with Gasteiger partial charge >= 0.3 is 0 Å². The third-order valence-corrected chi connectivity index (χ3v) is 4.67. The molecule has 2 nitrogen and oxygen atoms in total. The van der Waals surface area contributed by atoms with Crippen LogP contribution in [0.5, 0.6) is 0 Å². The number of aliphatic hydroxyl groups excluding tert-OH is 1. The van der Waals surface area contributed by atoms with Gasteiger partial charge in [-0.05, 0) is 42.4 Å². The summed E-state index contributed by atoms with van der Waals surface area (Å²) in [5.41, 5.74) is 0.361. The average molecular weight is 283 g/mol. The van der Waals surface area contributed by atoms with Gasteiger partial charge in [-0.2, -0.15) is 0 Å². The van der Waals surface area contributed by atoms with Crippen molar-refractivity contribution in [1.82, 2.24) is 4.90 Å². The van der Waals surface area contributed by atoms with Gasteiger partial charge in [-0.1, -0.05) is 48.5 Å². The van der Waals surface area contributed by atoms with Gasteiger partial charge in [0, 0.05) is 19.1 Å². The van der Waals surface area contributed by atoms with Gasteiger partial charge in [0.25, 0.3) is 0 Å². The standard InChI is InChI=1S/C18H37NO/c1-13(2)11-19(12-14(3)4)16-10-15(18(5,6)7)8-9-17(16)20/h13-17,20H,8-12H2,1-7H3. The Balaban J connectivity index is 2.80. The van der Waals surface area contributed by atoms with Crippen LogP contribution in [0.25, 0.3) is 0 Å². The van der Waals surface area contributed by atoms with Gasteiger partial charge in [0.05, 0.1) is 6.10 Å². The molecular weight excluding hydrogens is 246 g/mol. The van der Waals surface area contributed by atoms with Crippen molar-refractivity contribution in [2.45, 2.75) is 79.9 Å². The molecule has 0 heterocycles. The molecule has 0 radical (unpaired) electrons. The van der Waals surface area contributed by atoms with Crippen LogP contribution in [0.4, 0.5) is 0 Å². The summed E-state index contributed by atoms with van der Waals surface area (Å²) in [6, 6.07) is 0.359. The number of hydrogen-bond acceptors (Lipinski definition) is 2. The molecule has 1 rings (SSSR count). The van der Waals surface area contributed by atoms with E-state index in [0.29, 0.717) is 23.3 Å². The SMILES string of the molecule is CC(C)CN(CC(C)C)C1CC(C(C)(C)C)CCC1O. The van der Waals surface area contributed by atoms with Crippen LogP contribution in [-0.4, -0.2) is 35.2 Å². The van der Waals surface area contributed by atoms with E-state index in [9.17, 15) is 5.11 Å². The third kappa shape index (κ3) is 5.37. The van der Waals surface area contributed by atoms with Crippen LogP contribution in [-0.2, 0) is 0 Å². The minimum atomic E-state index is -0.133. The van der Waals surface area contributed by atoms with E-state index in [4.69, 9.17) is 0 Å². The molecule has 0 aromatic rings. The topological polar surface area (TPSA) is 23.5 Å². The highest BCUT2D eigenvalue weighted by Crippen LogP contribution is 2.39. The molecule has 20 heavy (non-hydrogen) atoms. The van der Waals surface area contributed by atoms with E-state index in [2.05, 4.69) is 53.4 Å². The molecule has 1 saturated carbocycles. The predicted molar refractivity (Wildman–Crippen MR) is 87.8 cm³/mol. The molecule has 1 aliphatic rings. The maximum atomic E-state index is 10.5. The molecular formula is C18H37NO. The maximum absolute atomic E-state index is 10.5. The smallest absolute Gasteiger partial charge is 0.0695 e. The molecule has 0 aromatic heterocycles. The molecule has 0 aliphatic heterocycles. The quantitative estimate of drug-likeness (QED) is 0.818. The first-order valence-corrected chi connectivity index (χ1v) is 8.53. The Morgan fingerprint density at radius 2 is 1.50 bits per heavy atom. The van der Waals surface area contributed by atoms with Crippen molar-refractivity contribution in [1.29, 1.82) is 0 Å². The highest BCUT2D eigenvalue weighted by atomic mass is 16.3. The largest absolute Gasteiger partial charge is 0.391 e. The molecule has 0 bridgehead atoms. The highest BCUT2D eigenvalue weighted by molar-refractivity contribution is 4.91. The third-order valence-electron chi connectivity index (χ3n) is 4.67. The highest BCUT2D eigenvalue weighted by Gasteiger charge is 2.37. The van der Waals surface area contributed by atoms with Crippen molar-refractivity contribution in [3.8, 4) is 0 Å². The normalized spacial score (nSPS) is 28.6. The Morgan fingerprint density at radius 3 is 1.90 bits per heavy atom. The van der Waals surface area contributed by atoms with E-state index in [1.54, 1.807) is 0 Å². The van der Waals surface area contributed by atoms with Crippen LogP contribution >= 0.6 is 0 Å². The Labute approximate surface area is 126 Å². The monoisotopic (exact) mass is 283 g/mol. The van der Waals surface area contributed by atoms with E-state index in [-0.39, 0.29) is 6.10 Å². The zero-order valence-corrected chi connectivity index (χ0v) is 14.8. The Hall–Kier alpha value is -0.0800. The van der Waals surface area contributed by atoms with Gasteiger partial charge < -0.3 is 5.11 Å². The first kappa shape index (κ1) is 18.0. The first-order chi connectivity index (χ1) is 9.11. The Bertz CT molecular complexity index is 270. The van der Waals surface area contributed by atoms with E-state index in [1.165, 1.54) is 6.42 Å². The summed E-state index contributed by atoms with van der Waals surface area (Å²) in [7, 11) is 0. The maximum Gasteiger partial charge on any atom is 0.0695 e. The molecule has 0 saturated heterocycles. The fourth-order valence-electron chi connectivity index (χ4n) is 3.59. The van der Waals surface area contributed by atoms with Crippen LogP contribution < -0.4 is 0 Å². The van der Waals surface area contributed by atoms with Gasteiger partial charge in [-0.3, -0.25) is 4.90 Å². The minimum Gasteiger partial charge on any atom is -0.391 e. The molecule has 3 unspecified atom stereocenters. The minimum absolute atomic E-state index is 0.133.